The molecule has 2 atom stereocenters. The fourth-order valence-corrected chi connectivity index (χ4v) is 3.66. The summed E-state index contributed by atoms with van der Waals surface area (Å²) in [5, 5.41) is 14.9. The van der Waals surface area contributed by atoms with Crippen LogP contribution in [-0.4, -0.2) is 16.9 Å². The van der Waals surface area contributed by atoms with E-state index >= 15 is 0 Å². The molecule has 0 spiro atoms. The molecule has 6 nitrogen and oxygen atoms in total. The number of non-ortho nitro benzene ring substituents is 1. The second-order valence-electron chi connectivity index (χ2n) is 7.15. The summed E-state index contributed by atoms with van der Waals surface area (Å²) in [6, 6.07) is 9.67. The molecule has 0 aliphatic heterocycles. The zero-order chi connectivity index (χ0) is 21.2. The van der Waals surface area contributed by atoms with Gasteiger partial charge in [0.15, 0.2) is 6.04 Å². The van der Waals surface area contributed by atoms with Gasteiger partial charge in [-0.05, 0) is 31.4 Å². The monoisotopic (exact) mass is 408 g/mol. The quantitative estimate of drug-likeness (QED) is 0.585. The molecule has 0 unspecified atom stereocenters. The molecule has 29 heavy (non-hydrogen) atoms. The van der Waals surface area contributed by atoms with E-state index in [2.05, 4.69) is 5.32 Å². The molecular weight excluding hydrogens is 387 g/mol. The summed E-state index contributed by atoms with van der Waals surface area (Å²) in [7, 11) is 0. The summed E-state index contributed by atoms with van der Waals surface area (Å²) >= 11 is 0. The Labute approximate surface area is 165 Å². The molecule has 0 heterocycles. The molecule has 0 aromatic heterocycles. The third-order valence-corrected chi connectivity index (χ3v) is 5.13. The van der Waals surface area contributed by atoms with Gasteiger partial charge < -0.3 is 10.6 Å². The minimum atomic E-state index is -4.83. The van der Waals surface area contributed by atoms with Gasteiger partial charge in [0, 0.05) is 24.1 Å². The molecule has 1 aliphatic carbocycles. The number of rotatable bonds is 5. The predicted octanol–water partition coefficient (Wildman–Crippen LogP) is 3.58. The minimum Gasteiger partial charge on any atom is -0.330 e. The molecule has 1 amide bonds. The van der Waals surface area contributed by atoms with E-state index in [-0.39, 0.29) is 6.04 Å². The Balaban J connectivity index is 1.76. The van der Waals surface area contributed by atoms with Crippen molar-refractivity contribution in [2.45, 2.75) is 44.4 Å². The number of halogens is 3. The molecule has 0 saturated carbocycles. The number of aryl methyl sites for hydroxylation is 1. The normalized spacial score (nSPS) is 17.3. The van der Waals surface area contributed by atoms with Gasteiger partial charge in [-0.25, -0.2) is 0 Å². The van der Waals surface area contributed by atoms with Gasteiger partial charge in [0.25, 0.3) is 11.6 Å². The van der Waals surface area contributed by atoms with Crippen molar-refractivity contribution in [2.24, 2.45) is 0 Å². The first-order valence-corrected chi connectivity index (χ1v) is 9.26. The first-order valence-electron chi connectivity index (χ1n) is 9.26. The summed E-state index contributed by atoms with van der Waals surface area (Å²) in [5.74, 6) is -0.590. The maximum absolute atomic E-state index is 13.3. The van der Waals surface area contributed by atoms with Crippen LogP contribution in [0.1, 0.15) is 42.5 Å². The number of carbonyl (C=O) groups is 1. The van der Waals surface area contributed by atoms with Crippen molar-refractivity contribution < 1.29 is 28.2 Å². The third kappa shape index (κ3) is 4.73. The van der Waals surface area contributed by atoms with Crippen molar-refractivity contribution >= 4 is 17.3 Å². The van der Waals surface area contributed by atoms with Crippen LogP contribution in [0.3, 0.4) is 0 Å². The molecular formula is C20H21F3N3O3+. The maximum atomic E-state index is 13.3. The van der Waals surface area contributed by atoms with Crippen molar-refractivity contribution in [3.63, 3.8) is 0 Å². The average Bonchev–Trinajstić information content (AvgIpc) is 2.67. The van der Waals surface area contributed by atoms with Crippen molar-refractivity contribution in [1.29, 1.82) is 0 Å². The standard InChI is InChI=1S/C20H20F3N3O3/c1-12(24-17-8-4-6-13-5-2-3-7-15(13)17)19(27)25-18-10-9-14(26(28)29)11-16(18)20(21,22)23/h2-3,5,7,9-12,17,24H,4,6,8H2,1H3,(H,25,27)/p+1/t12-,17+/m0/s1. The smallest absolute Gasteiger partial charge is 0.330 e. The second kappa shape index (κ2) is 8.20. The van der Waals surface area contributed by atoms with Gasteiger partial charge in [-0.3, -0.25) is 14.9 Å². The van der Waals surface area contributed by atoms with Gasteiger partial charge in [-0.2, -0.15) is 13.2 Å². The number of carbonyl (C=O) groups excluding carboxylic acids is 1. The molecule has 0 radical (unpaired) electrons. The lowest BCUT2D eigenvalue weighted by Gasteiger charge is -2.26. The molecule has 1 aliphatic rings. The molecule has 0 fully saturated rings. The Morgan fingerprint density at radius 1 is 1.28 bits per heavy atom. The van der Waals surface area contributed by atoms with Crippen LogP contribution in [-0.2, 0) is 17.4 Å². The summed E-state index contributed by atoms with van der Waals surface area (Å²) in [6.07, 6.45) is -2.00. The van der Waals surface area contributed by atoms with Crippen LogP contribution in [0.2, 0.25) is 0 Å². The van der Waals surface area contributed by atoms with Crippen LogP contribution in [0, 0.1) is 10.1 Å². The van der Waals surface area contributed by atoms with Gasteiger partial charge >= 0.3 is 6.18 Å². The van der Waals surface area contributed by atoms with Gasteiger partial charge in [-0.1, -0.05) is 24.3 Å². The van der Waals surface area contributed by atoms with Gasteiger partial charge in [0.1, 0.15) is 6.04 Å². The predicted molar refractivity (Wildman–Crippen MR) is 100 cm³/mol. The lowest BCUT2D eigenvalue weighted by Crippen LogP contribution is -2.92. The maximum Gasteiger partial charge on any atom is 0.418 e. The van der Waals surface area contributed by atoms with Crippen LogP contribution in [0.5, 0.6) is 0 Å². The van der Waals surface area contributed by atoms with E-state index in [9.17, 15) is 28.1 Å². The number of amides is 1. The number of nitrogens with one attached hydrogen (secondary N) is 1. The number of alkyl halides is 3. The molecule has 9 heteroatoms. The number of nitrogens with two attached hydrogens (primary N) is 1. The van der Waals surface area contributed by atoms with Gasteiger partial charge in [-0.15, -0.1) is 0 Å². The first-order chi connectivity index (χ1) is 13.7. The summed E-state index contributed by atoms with van der Waals surface area (Å²) in [6.45, 7) is 1.63. The molecule has 0 saturated heterocycles. The van der Waals surface area contributed by atoms with Crippen molar-refractivity contribution in [1.82, 2.24) is 0 Å². The van der Waals surface area contributed by atoms with E-state index in [0.29, 0.717) is 6.07 Å². The third-order valence-electron chi connectivity index (χ3n) is 5.13. The van der Waals surface area contributed by atoms with Gasteiger partial charge in [0.05, 0.1) is 16.2 Å². The number of anilines is 1. The summed E-state index contributed by atoms with van der Waals surface area (Å²) < 4.78 is 39.9. The number of hydrogen-bond acceptors (Lipinski definition) is 3. The molecule has 0 bridgehead atoms. The lowest BCUT2D eigenvalue weighted by atomic mass is 9.87. The zero-order valence-electron chi connectivity index (χ0n) is 15.7. The molecule has 154 valence electrons. The van der Waals surface area contributed by atoms with Crippen LogP contribution in [0.4, 0.5) is 24.5 Å². The van der Waals surface area contributed by atoms with E-state index in [1.165, 1.54) is 5.56 Å². The Hall–Kier alpha value is -2.94. The number of benzene rings is 2. The highest BCUT2D eigenvalue weighted by atomic mass is 19.4. The van der Waals surface area contributed by atoms with Crippen LogP contribution in [0.15, 0.2) is 42.5 Å². The van der Waals surface area contributed by atoms with Crippen LogP contribution < -0.4 is 10.6 Å². The number of nitro benzene ring substituents is 1. The fourth-order valence-electron chi connectivity index (χ4n) is 3.66. The minimum absolute atomic E-state index is 0.0552. The Morgan fingerprint density at radius 2 is 2.00 bits per heavy atom. The molecule has 3 rings (SSSR count). The van der Waals surface area contributed by atoms with E-state index < -0.39 is 40.0 Å². The van der Waals surface area contributed by atoms with E-state index in [0.717, 1.165) is 37.0 Å². The summed E-state index contributed by atoms with van der Waals surface area (Å²) in [5.41, 5.74) is -0.0477. The topological polar surface area (TPSA) is 88.8 Å². The first kappa shape index (κ1) is 20.8. The number of quaternary nitrogens is 1. The largest absolute Gasteiger partial charge is 0.418 e. The molecule has 2 aromatic rings. The Morgan fingerprint density at radius 3 is 2.69 bits per heavy atom. The highest BCUT2D eigenvalue weighted by molar-refractivity contribution is 5.94. The summed E-state index contributed by atoms with van der Waals surface area (Å²) in [4.78, 5) is 22.4. The number of hydrogen-bond donors (Lipinski definition) is 2. The molecule has 3 N–H and O–H groups in total. The lowest BCUT2D eigenvalue weighted by molar-refractivity contribution is -0.714. The zero-order valence-corrected chi connectivity index (χ0v) is 15.7. The number of nitro groups is 1. The Bertz CT molecular complexity index is 931. The van der Waals surface area contributed by atoms with Crippen molar-refractivity contribution in [3.05, 3.63) is 69.3 Å². The Kier molecular flexibility index (Phi) is 5.88. The SMILES string of the molecule is C[C@H]([NH2+][C@@H]1CCCc2ccccc21)C(=O)Nc1ccc([N+](=O)[O-])cc1C(F)(F)F. The van der Waals surface area contributed by atoms with Gasteiger partial charge in [0.2, 0.25) is 0 Å². The second-order valence-corrected chi connectivity index (χ2v) is 7.15. The van der Waals surface area contributed by atoms with Crippen molar-refractivity contribution in [3.8, 4) is 0 Å². The van der Waals surface area contributed by atoms with Crippen LogP contribution in [0.25, 0.3) is 0 Å². The number of nitrogens with zero attached hydrogens (tertiary/aromatic N) is 1. The van der Waals surface area contributed by atoms with Crippen molar-refractivity contribution in [2.75, 3.05) is 5.32 Å². The average molecular weight is 408 g/mol. The number of fused-ring (bicyclic) bond motifs is 1. The van der Waals surface area contributed by atoms with E-state index in [4.69, 9.17) is 0 Å². The highest BCUT2D eigenvalue weighted by Crippen LogP contribution is 2.37. The fraction of sp³-hybridized carbons (Fsp3) is 0.350. The molecule has 2 aromatic carbocycles. The highest BCUT2D eigenvalue weighted by Gasteiger charge is 2.36. The van der Waals surface area contributed by atoms with E-state index in [1.807, 2.05) is 29.6 Å². The van der Waals surface area contributed by atoms with Crippen LogP contribution >= 0.6 is 0 Å². The van der Waals surface area contributed by atoms with E-state index in [1.54, 1.807) is 6.92 Å².